The molecule has 0 atom stereocenters. The number of benzene rings is 3. The minimum atomic E-state index is -0.325. The second-order valence-corrected chi connectivity index (χ2v) is 9.60. The van der Waals surface area contributed by atoms with Crippen LogP contribution < -0.4 is 4.78 Å². The molecule has 0 saturated carbocycles. The average Bonchev–Trinajstić information content (AvgIpc) is 3.22. The molecule has 3 aromatic carbocycles. The molecule has 0 amide bonds. The van der Waals surface area contributed by atoms with Crippen molar-refractivity contribution >= 4 is 44.8 Å². The van der Waals surface area contributed by atoms with Crippen molar-refractivity contribution < 1.29 is 9.31 Å². The lowest BCUT2D eigenvalue weighted by atomic mass is 9.88. The Morgan fingerprint density at radius 1 is 0.714 bits per heavy atom. The highest BCUT2D eigenvalue weighted by molar-refractivity contribution is 7.25. The minimum Gasteiger partial charge on any atom is -0.399 e. The normalized spacial score (nSPS) is 18.2. The van der Waals surface area contributed by atoms with Crippen molar-refractivity contribution in [3.63, 3.8) is 0 Å². The van der Waals surface area contributed by atoms with Crippen LogP contribution >= 0.6 is 11.3 Å². The second kappa shape index (κ2) is 6.18. The zero-order valence-corrected chi connectivity index (χ0v) is 17.5. The van der Waals surface area contributed by atoms with E-state index in [1.165, 1.54) is 32.0 Å². The summed E-state index contributed by atoms with van der Waals surface area (Å²) in [6.07, 6.45) is 0. The van der Waals surface area contributed by atoms with Crippen molar-refractivity contribution in [2.24, 2.45) is 0 Å². The van der Waals surface area contributed by atoms with E-state index in [0.29, 0.717) is 0 Å². The Morgan fingerprint density at radius 3 is 1.82 bits per heavy atom. The van der Waals surface area contributed by atoms with Gasteiger partial charge in [-0.25, -0.2) is 0 Å². The molecule has 4 aromatic rings. The number of fused-ring (bicyclic) bond motifs is 2. The third-order valence-electron chi connectivity index (χ3n) is 6.13. The molecule has 1 aromatic heterocycles. The second-order valence-electron chi connectivity index (χ2n) is 8.48. The summed E-state index contributed by atoms with van der Waals surface area (Å²) in [5.74, 6) is 0. The molecule has 1 saturated heterocycles. The van der Waals surface area contributed by atoms with Gasteiger partial charge in [0, 0.05) is 15.2 Å². The molecule has 28 heavy (non-hydrogen) atoms. The molecule has 1 aliphatic heterocycles. The predicted molar refractivity (Wildman–Crippen MR) is 120 cm³/mol. The summed E-state index contributed by atoms with van der Waals surface area (Å²) >= 11 is 1.76. The van der Waals surface area contributed by atoms with E-state index in [1.54, 1.807) is 11.3 Å². The van der Waals surface area contributed by atoms with Gasteiger partial charge >= 0.3 is 7.12 Å². The van der Waals surface area contributed by atoms with Crippen LogP contribution in [0.2, 0.25) is 0 Å². The van der Waals surface area contributed by atoms with Gasteiger partial charge < -0.3 is 9.31 Å². The Hall–Kier alpha value is -2.14. The molecule has 2 nitrogen and oxygen atoms in total. The van der Waals surface area contributed by atoms with Gasteiger partial charge in [-0.1, -0.05) is 54.6 Å². The first-order valence-corrected chi connectivity index (χ1v) is 10.5. The fourth-order valence-electron chi connectivity index (χ4n) is 3.85. The molecule has 1 aliphatic rings. The van der Waals surface area contributed by atoms with Crippen LogP contribution in [0.1, 0.15) is 27.7 Å². The maximum Gasteiger partial charge on any atom is 0.505 e. The summed E-state index contributed by atoms with van der Waals surface area (Å²) in [6, 6.07) is 23.9. The molecule has 4 heteroatoms. The van der Waals surface area contributed by atoms with Gasteiger partial charge in [-0.05, 0) is 61.4 Å². The smallest absolute Gasteiger partial charge is 0.399 e. The van der Waals surface area contributed by atoms with Gasteiger partial charge in [0.15, 0.2) is 0 Å². The maximum absolute atomic E-state index is 6.26. The highest BCUT2D eigenvalue weighted by Crippen LogP contribution is 2.40. The Labute approximate surface area is 170 Å². The molecular formula is C24H23BO2S. The van der Waals surface area contributed by atoms with Crippen LogP contribution in [0.15, 0.2) is 66.7 Å². The van der Waals surface area contributed by atoms with E-state index in [-0.39, 0.29) is 18.3 Å². The fourth-order valence-corrected chi connectivity index (χ4v) is 4.89. The first-order valence-electron chi connectivity index (χ1n) is 9.72. The van der Waals surface area contributed by atoms with Crippen LogP contribution in [0, 0.1) is 0 Å². The van der Waals surface area contributed by atoms with Crippen molar-refractivity contribution in [1.82, 2.24) is 0 Å². The number of thiophene rings is 1. The molecule has 0 unspecified atom stereocenters. The summed E-state index contributed by atoms with van der Waals surface area (Å²) in [6.45, 7) is 8.39. The van der Waals surface area contributed by atoms with E-state index in [1.807, 2.05) is 0 Å². The quantitative estimate of drug-likeness (QED) is 0.310. The zero-order chi connectivity index (χ0) is 19.5. The molecule has 5 rings (SSSR count). The summed E-state index contributed by atoms with van der Waals surface area (Å²) in [5, 5.41) is 5.09. The topological polar surface area (TPSA) is 18.5 Å². The molecule has 0 N–H and O–H groups in total. The van der Waals surface area contributed by atoms with Crippen molar-refractivity contribution in [3.8, 4) is 10.4 Å². The van der Waals surface area contributed by atoms with Gasteiger partial charge in [0.2, 0.25) is 0 Å². The summed E-state index contributed by atoms with van der Waals surface area (Å²) in [4.78, 5) is 1.25. The highest BCUT2D eigenvalue weighted by Gasteiger charge is 2.52. The number of hydrogen-bond acceptors (Lipinski definition) is 3. The van der Waals surface area contributed by atoms with Gasteiger partial charge in [0.1, 0.15) is 0 Å². The summed E-state index contributed by atoms with van der Waals surface area (Å²) in [5.41, 5.74) is 0.642. The number of hydrogen-bond donors (Lipinski definition) is 0. The van der Waals surface area contributed by atoms with Crippen molar-refractivity contribution in [2.45, 2.75) is 38.9 Å². The van der Waals surface area contributed by atoms with Gasteiger partial charge in [-0.15, -0.1) is 11.3 Å². The van der Waals surface area contributed by atoms with Gasteiger partial charge in [0.25, 0.3) is 0 Å². The Kier molecular flexibility index (Phi) is 3.96. The van der Waals surface area contributed by atoms with E-state index in [2.05, 4.69) is 94.4 Å². The van der Waals surface area contributed by atoms with Crippen molar-refractivity contribution in [1.29, 1.82) is 0 Å². The summed E-state index contributed by atoms with van der Waals surface area (Å²) < 4.78 is 13.6. The SMILES string of the molecule is CC1(C)OB(c2ccc(-c3c4ccccc4cc4ccccc34)s2)OC1(C)C. The van der Waals surface area contributed by atoms with E-state index in [9.17, 15) is 0 Å². The van der Waals surface area contributed by atoms with Crippen LogP contribution in [0.4, 0.5) is 0 Å². The van der Waals surface area contributed by atoms with Gasteiger partial charge in [0.05, 0.1) is 11.2 Å². The first kappa shape index (κ1) is 17.9. The molecule has 0 bridgehead atoms. The van der Waals surface area contributed by atoms with Crippen LogP contribution in [0.3, 0.4) is 0 Å². The van der Waals surface area contributed by atoms with E-state index >= 15 is 0 Å². The third kappa shape index (κ3) is 2.71. The lowest BCUT2D eigenvalue weighted by Gasteiger charge is -2.32. The molecular weight excluding hydrogens is 363 g/mol. The van der Waals surface area contributed by atoms with Crippen LogP contribution in [0.25, 0.3) is 32.0 Å². The van der Waals surface area contributed by atoms with Crippen LogP contribution in [-0.2, 0) is 9.31 Å². The zero-order valence-electron chi connectivity index (χ0n) is 16.7. The van der Waals surface area contributed by atoms with E-state index < -0.39 is 0 Å². The first-order chi connectivity index (χ1) is 13.4. The predicted octanol–water partition coefficient (Wildman–Crippen LogP) is 6.02. The van der Waals surface area contributed by atoms with Gasteiger partial charge in [-0.3, -0.25) is 0 Å². The molecule has 0 aliphatic carbocycles. The van der Waals surface area contributed by atoms with Crippen molar-refractivity contribution in [2.75, 3.05) is 0 Å². The fraction of sp³-hybridized carbons (Fsp3) is 0.250. The minimum absolute atomic E-state index is 0.315. The monoisotopic (exact) mass is 386 g/mol. The average molecular weight is 386 g/mol. The van der Waals surface area contributed by atoms with Crippen molar-refractivity contribution in [3.05, 3.63) is 66.7 Å². The van der Waals surface area contributed by atoms with Crippen LogP contribution in [-0.4, -0.2) is 18.3 Å². The maximum atomic E-state index is 6.26. The highest BCUT2D eigenvalue weighted by atomic mass is 32.1. The van der Waals surface area contributed by atoms with Crippen LogP contribution in [0.5, 0.6) is 0 Å². The molecule has 2 heterocycles. The Balaban J connectivity index is 1.66. The molecule has 0 spiro atoms. The van der Waals surface area contributed by atoms with E-state index in [4.69, 9.17) is 9.31 Å². The molecule has 140 valence electrons. The van der Waals surface area contributed by atoms with Gasteiger partial charge in [-0.2, -0.15) is 0 Å². The molecule has 1 fully saturated rings. The lowest BCUT2D eigenvalue weighted by Crippen LogP contribution is -2.41. The standard InChI is InChI=1S/C24H23BO2S/c1-23(2)24(3,4)27-25(26-23)21-14-13-20(28-21)22-18-11-7-5-9-16(18)15-17-10-6-8-12-19(17)22/h5-15H,1-4H3. The Bertz CT molecular complexity index is 1120. The van der Waals surface area contributed by atoms with E-state index in [0.717, 1.165) is 4.78 Å². The third-order valence-corrected chi connectivity index (χ3v) is 7.25. The lowest BCUT2D eigenvalue weighted by molar-refractivity contribution is 0.00578. The Morgan fingerprint density at radius 2 is 1.25 bits per heavy atom. The largest absolute Gasteiger partial charge is 0.505 e. The summed E-state index contributed by atoms with van der Waals surface area (Å²) in [7, 11) is -0.315. The number of rotatable bonds is 2. The molecule has 0 radical (unpaired) electrons.